The average molecular weight is 356 g/mol. The second-order valence-electron chi connectivity index (χ2n) is 6.23. The second kappa shape index (κ2) is 8.92. The molecule has 2 rings (SSSR count). The Kier molecular flexibility index (Phi) is 6.91. The van der Waals surface area contributed by atoms with E-state index in [4.69, 9.17) is 9.47 Å². The molecule has 0 bridgehead atoms. The van der Waals surface area contributed by atoms with Crippen LogP contribution in [0.4, 0.5) is 13.2 Å². The third-order valence-corrected chi connectivity index (χ3v) is 4.47. The maximum Gasteiger partial charge on any atom is 0.416 e. The molecule has 1 fully saturated rings. The SMILES string of the molecule is COC(=O)C[C@H]1CCCC1/C=C/CCOc1cccc(C(F)(F)F)c1. The van der Waals surface area contributed by atoms with Crippen LogP contribution in [0.25, 0.3) is 0 Å². The van der Waals surface area contributed by atoms with Gasteiger partial charge in [-0.3, -0.25) is 4.79 Å². The summed E-state index contributed by atoms with van der Waals surface area (Å²) in [7, 11) is 1.40. The number of hydrogen-bond acceptors (Lipinski definition) is 3. The maximum atomic E-state index is 12.6. The summed E-state index contributed by atoms with van der Waals surface area (Å²) in [6.45, 7) is 0.312. The van der Waals surface area contributed by atoms with E-state index in [1.165, 1.54) is 19.2 Å². The molecule has 0 heterocycles. The molecule has 25 heavy (non-hydrogen) atoms. The summed E-state index contributed by atoms with van der Waals surface area (Å²) < 4.78 is 48.0. The van der Waals surface area contributed by atoms with Crippen molar-refractivity contribution in [2.75, 3.05) is 13.7 Å². The molecule has 0 N–H and O–H groups in total. The lowest BCUT2D eigenvalue weighted by Crippen LogP contribution is -2.12. The molecule has 1 aromatic carbocycles. The van der Waals surface area contributed by atoms with E-state index >= 15 is 0 Å². The van der Waals surface area contributed by atoms with Crippen molar-refractivity contribution in [3.63, 3.8) is 0 Å². The van der Waals surface area contributed by atoms with Crippen molar-refractivity contribution in [1.29, 1.82) is 0 Å². The van der Waals surface area contributed by atoms with Crippen LogP contribution in [0.5, 0.6) is 5.75 Å². The first-order chi connectivity index (χ1) is 11.9. The molecule has 1 aliphatic carbocycles. The van der Waals surface area contributed by atoms with Crippen LogP contribution in [-0.2, 0) is 15.7 Å². The van der Waals surface area contributed by atoms with Crippen LogP contribution in [0.1, 0.15) is 37.7 Å². The van der Waals surface area contributed by atoms with E-state index in [2.05, 4.69) is 6.08 Å². The predicted molar refractivity (Wildman–Crippen MR) is 88.2 cm³/mol. The van der Waals surface area contributed by atoms with Crippen LogP contribution in [-0.4, -0.2) is 19.7 Å². The Hall–Kier alpha value is -1.98. The maximum absolute atomic E-state index is 12.6. The number of carbonyl (C=O) groups excluding carboxylic acids is 1. The molecule has 0 aromatic heterocycles. The quantitative estimate of drug-likeness (QED) is 0.391. The summed E-state index contributed by atoms with van der Waals surface area (Å²) in [5, 5.41) is 0. The van der Waals surface area contributed by atoms with Gasteiger partial charge in [-0.2, -0.15) is 13.2 Å². The number of alkyl halides is 3. The van der Waals surface area contributed by atoms with Gasteiger partial charge in [-0.05, 0) is 49.3 Å². The van der Waals surface area contributed by atoms with Gasteiger partial charge in [0.2, 0.25) is 0 Å². The van der Waals surface area contributed by atoms with E-state index in [9.17, 15) is 18.0 Å². The van der Waals surface area contributed by atoms with Crippen molar-refractivity contribution in [2.45, 2.75) is 38.3 Å². The molecule has 0 amide bonds. The Morgan fingerprint density at radius 2 is 2.12 bits per heavy atom. The number of rotatable bonds is 7. The van der Waals surface area contributed by atoms with Gasteiger partial charge in [0.05, 0.1) is 19.3 Å². The highest BCUT2D eigenvalue weighted by molar-refractivity contribution is 5.69. The molecule has 0 aliphatic heterocycles. The van der Waals surface area contributed by atoms with Gasteiger partial charge in [-0.15, -0.1) is 0 Å². The van der Waals surface area contributed by atoms with Gasteiger partial charge < -0.3 is 9.47 Å². The fraction of sp³-hybridized carbons (Fsp3) is 0.526. The predicted octanol–water partition coefficient (Wildman–Crippen LogP) is 5.01. The third-order valence-electron chi connectivity index (χ3n) is 4.47. The van der Waals surface area contributed by atoms with E-state index in [0.717, 1.165) is 31.4 Å². The van der Waals surface area contributed by atoms with E-state index in [1.807, 2.05) is 6.08 Å². The van der Waals surface area contributed by atoms with Crippen molar-refractivity contribution < 1.29 is 27.4 Å². The highest BCUT2D eigenvalue weighted by atomic mass is 19.4. The molecule has 1 unspecified atom stereocenters. The number of methoxy groups -OCH3 is 1. The van der Waals surface area contributed by atoms with Gasteiger partial charge in [-0.25, -0.2) is 0 Å². The van der Waals surface area contributed by atoms with E-state index in [1.54, 1.807) is 0 Å². The number of esters is 1. The third kappa shape index (κ3) is 6.11. The summed E-state index contributed by atoms with van der Waals surface area (Å²) >= 11 is 0. The molecule has 138 valence electrons. The topological polar surface area (TPSA) is 35.5 Å². The van der Waals surface area contributed by atoms with Gasteiger partial charge in [0, 0.05) is 6.42 Å². The van der Waals surface area contributed by atoms with Gasteiger partial charge in [0.1, 0.15) is 5.75 Å². The molecular weight excluding hydrogens is 333 g/mol. The van der Waals surface area contributed by atoms with Crippen molar-refractivity contribution in [1.82, 2.24) is 0 Å². The molecule has 1 aromatic rings. The largest absolute Gasteiger partial charge is 0.493 e. The molecule has 1 aliphatic rings. The summed E-state index contributed by atoms with van der Waals surface area (Å²) in [6, 6.07) is 4.88. The number of halogens is 3. The highest BCUT2D eigenvalue weighted by Gasteiger charge is 2.30. The van der Waals surface area contributed by atoms with Gasteiger partial charge in [0.25, 0.3) is 0 Å². The van der Waals surface area contributed by atoms with Gasteiger partial charge in [0.15, 0.2) is 0 Å². The summed E-state index contributed by atoms with van der Waals surface area (Å²) in [4.78, 5) is 11.4. The Labute approximate surface area is 145 Å². The Bertz CT molecular complexity index is 596. The second-order valence-corrected chi connectivity index (χ2v) is 6.23. The first kappa shape index (κ1) is 19.3. The first-order valence-corrected chi connectivity index (χ1v) is 8.43. The number of allylic oxidation sites excluding steroid dienone is 1. The van der Waals surface area contributed by atoms with Crippen LogP contribution in [0.3, 0.4) is 0 Å². The Morgan fingerprint density at radius 3 is 2.84 bits per heavy atom. The van der Waals surface area contributed by atoms with E-state index < -0.39 is 11.7 Å². The molecular formula is C19H23F3O3. The summed E-state index contributed by atoms with van der Waals surface area (Å²) in [6.07, 6.45) is 3.92. The number of hydrogen-bond donors (Lipinski definition) is 0. The standard InChI is InChI=1S/C19H23F3O3/c1-24-18(23)12-15-8-4-7-14(15)6-2-3-11-25-17-10-5-9-16(13-17)19(20,21)22/h2,5-6,9-10,13-15H,3-4,7-8,11-12H2,1H3/b6-2+/t14?,15-/m1/s1. The Balaban J connectivity index is 1.77. The highest BCUT2D eigenvalue weighted by Crippen LogP contribution is 2.35. The number of carbonyl (C=O) groups is 1. The minimum atomic E-state index is -4.36. The van der Waals surface area contributed by atoms with Crippen LogP contribution in [0.2, 0.25) is 0 Å². The molecule has 0 saturated heterocycles. The fourth-order valence-electron chi connectivity index (χ4n) is 3.15. The number of ether oxygens (including phenoxy) is 2. The van der Waals surface area contributed by atoms with Gasteiger partial charge >= 0.3 is 12.1 Å². The summed E-state index contributed by atoms with van der Waals surface area (Å²) in [5.74, 6) is 0.701. The van der Waals surface area contributed by atoms with Crippen molar-refractivity contribution in [3.8, 4) is 5.75 Å². The van der Waals surface area contributed by atoms with Gasteiger partial charge in [-0.1, -0.05) is 24.6 Å². The molecule has 6 heteroatoms. The molecule has 0 spiro atoms. The lowest BCUT2D eigenvalue weighted by molar-refractivity contribution is -0.142. The van der Waals surface area contributed by atoms with Crippen LogP contribution >= 0.6 is 0 Å². The molecule has 1 saturated carbocycles. The van der Waals surface area contributed by atoms with E-state index in [-0.39, 0.29) is 11.7 Å². The monoisotopic (exact) mass is 356 g/mol. The zero-order chi connectivity index (χ0) is 18.3. The lowest BCUT2D eigenvalue weighted by atomic mass is 9.92. The van der Waals surface area contributed by atoms with Crippen molar-refractivity contribution in [2.24, 2.45) is 11.8 Å². The normalized spacial score (nSPS) is 20.8. The molecule has 2 atom stereocenters. The van der Waals surface area contributed by atoms with Crippen LogP contribution in [0, 0.1) is 11.8 Å². The average Bonchev–Trinajstić information content (AvgIpc) is 3.01. The Morgan fingerprint density at radius 1 is 1.32 bits per heavy atom. The van der Waals surface area contributed by atoms with E-state index in [0.29, 0.717) is 31.3 Å². The zero-order valence-corrected chi connectivity index (χ0v) is 14.2. The minimum absolute atomic E-state index is 0.182. The summed E-state index contributed by atoms with van der Waals surface area (Å²) in [5.41, 5.74) is -0.711. The van der Waals surface area contributed by atoms with Crippen molar-refractivity contribution >= 4 is 5.97 Å². The fourth-order valence-corrected chi connectivity index (χ4v) is 3.15. The molecule has 3 nitrogen and oxygen atoms in total. The smallest absolute Gasteiger partial charge is 0.416 e. The van der Waals surface area contributed by atoms with Crippen LogP contribution in [0.15, 0.2) is 36.4 Å². The lowest BCUT2D eigenvalue weighted by Gasteiger charge is -2.14. The molecule has 0 radical (unpaired) electrons. The minimum Gasteiger partial charge on any atom is -0.493 e. The van der Waals surface area contributed by atoms with Crippen LogP contribution < -0.4 is 4.74 Å². The van der Waals surface area contributed by atoms with Crippen molar-refractivity contribution in [3.05, 3.63) is 42.0 Å². The zero-order valence-electron chi connectivity index (χ0n) is 14.2. The first-order valence-electron chi connectivity index (χ1n) is 8.43. The number of benzene rings is 1.